The van der Waals surface area contributed by atoms with E-state index in [4.69, 9.17) is 4.74 Å². The number of hydrogen-bond donors (Lipinski definition) is 0. The topological polar surface area (TPSA) is 12.5 Å². The van der Waals surface area contributed by atoms with Crippen LogP contribution in [0.15, 0.2) is 0 Å². The van der Waals surface area contributed by atoms with Gasteiger partial charge in [-0.05, 0) is 12.3 Å². The minimum absolute atomic E-state index is 0.659. The Morgan fingerprint density at radius 3 is 2.31 bits per heavy atom. The lowest BCUT2D eigenvalue weighted by molar-refractivity contribution is 0.384. The van der Waals surface area contributed by atoms with Crippen LogP contribution in [0.1, 0.15) is 57.8 Å². The van der Waals surface area contributed by atoms with Gasteiger partial charge in [0.1, 0.15) is 0 Å². The normalized spacial score (nSPS) is 28.2. The Kier molecular flexibility index (Phi) is 3.65. The molecule has 13 heavy (non-hydrogen) atoms. The van der Waals surface area contributed by atoms with Gasteiger partial charge < -0.3 is 4.74 Å². The van der Waals surface area contributed by atoms with Gasteiger partial charge in [-0.25, -0.2) is 0 Å². The molecule has 0 aromatic rings. The summed E-state index contributed by atoms with van der Waals surface area (Å²) in [5.41, 5.74) is 0. The molecule has 1 heterocycles. The van der Waals surface area contributed by atoms with Crippen LogP contribution >= 0.6 is 0 Å². The molecular weight excluding hydrogens is 160 g/mol. The minimum atomic E-state index is 0.659. The van der Waals surface area contributed by atoms with E-state index in [2.05, 4.69) is 0 Å². The first-order valence-corrected chi connectivity index (χ1v) is 6.07. The van der Waals surface area contributed by atoms with Gasteiger partial charge in [-0.1, -0.05) is 51.4 Å². The van der Waals surface area contributed by atoms with Crippen molar-refractivity contribution in [3.05, 3.63) is 0 Å². The van der Waals surface area contributed by atoms with Crippen LogP contribution in [0.2, 0.25) is 0 Å². The molecule has 76 valence electrons. The van der Waals surface area contributed by atoms with Crippen molar-refractivity contribution >= 4 is 0 Å². The molecule has 0 N–H and O–H groups in total. The molecule has 1 saturated heterocycles. The molecule has 1 saturated carbocycles. The Labute approximate surface area is 81.9 Å². The lowest BCUT2D eigenvalue weighted by Crippen LogP contribution is -1.93. The number of rotatable bonds is 6. The zero-order chi connectivity index (χ0) is 8.93. The molecule has 2 aliphatic rings. The fourth-order valence-electron chi connectivity index (χ4n) is 2.52. The van der Waals surface area contributed by atoms with E-state index in [1.807, 2.05) is 0 Å². The smallest absolute Gasteiger partial charge is 0.0810 e. The summed E-state index contributed by atoms with van der Waals surface area (Å²) >= 11 is 0. The maximum absolute atomic E-state index is 5.19. The monoisotopic (exact) mass is 182 g/mol. The van der Waals surface area contributed by atoms with Crippen LogP contribution in [0.5, 0.6) is 0 Å². The van der Waals surface area contributed by atoms with E-state index in [0.29, 0.717) is 6.10 Å². The molecule has 1 aliphatic carbocycles. The Morgan fingerprint density at radius 1 is 0.923 bits per heavy atom. The third kappa shape index (κ3) is 3.68. The standard InChI is InChI=1S/C12H22O/c1(3-9-12-10-13-12)2-6-11-7-4-5-8-11/h11-12H,1-10H2. The lowest BCUT2D eigenvalue weighted by atomic mass is 9.99. The fraction of sp³-hybridized carbons (Fsp3) is 1.00. The molecule has 1 aliphatic heterocycles. The molecule has 0 aromatic heterocycles. The highest BCUT2D eigenvalue weighted by Gasteiger charge is 2.21. The summed E-state index contributed by atoms with van der Waals surface area (Å²) in [5.74, 6) is 1.09. The van der Waals surface area contributed by atoms with Crippen LogP contribution in [-0.4, -0.2) is 12.7 Å². The second-order valence-electron chi connectivity index (χ2n) is 4.74. The highest BCUT2D eigenvalue weighted by Crippen LogP contribution is 2.29. The number of unbranched alkanes of at least 4 members (excludes halogenated alkanes) is 2. The predicted octanol–water partition coefficient (Wildman–Crippen LogP) is 3.53. The maximum Gasteiger partial charge on any atom is 0.0810 e. The van der Waals surface area contributed by atoms with Gasteiger partial charge in [0.25, 0.3) is 0 Å². The number of epoxide rings is 1. The lowest BCUT2D eigenvalue weighted by Gasteiger charge is -2.07. The Balaban J connectivity index is 1.39. The molecule has 1 nitrogen and oxygen atoms in total. The third-order valence-electron chi connectivity index (χ3n) is 3.52. The summed E-state index contributed by atoms with van der Waals surface area (Å²) in [5, 5.41) is 0. The van der Waals surface area contributed by atoms with E-state index in [1.165, 1.54) is 57.8 Å². The molecule has 1 unspecified atom stereocenters. The molecular formula is C12H22O. The summed E-state index contributed by atoms with van der Waals surface area (Å²) in [6.07, 6.45) is 13.8. The molecule has 0 spiro atoms. The predicted molar refractivity (Wildman–Crippen MR) is 54.8 cm³/mol. The van der Waals surface area contributed by atoms with Crippen molar-refractivity contribution in [2.45, 2.75) is 63.9 Å². The summed E-state index contributed by atoms with van der Waals surface area (Å²) in [6, 6.07) is 0. The van der Waals surface area contributed by atoms with E-state index < -0.39 is 0 Å². The van der Waals surface area contributed by atoms with E-state index in [9.17, 15) is 0 Å². The van der Waals surface area contributed by atoms with Gasteiger partial charge in [-0.3, -0.25) is 0 Å². The van der Waals surface area contributed by atoms with Crippen molar-refractivity contribution in [1.82, 2.24) is 0 Å². The fourth-order valence-corrected chi connectivity index (χ4v) is 2.52. The molecule has 0 bridgehead atoms. The van der Waals surface area contributed by atoms with Gasteiger partial charge in [0.05, 0.1) is 12.7 Å². The van der Waals surface area contributed by atoms with E-state index in [-0.39, 0.29) is 0 Å². The van der Waals surface area contributed by atoms with Gasteiger partial charge >= 0.3 is 0 Å². The van der Waals surface area contributed by atoms with Crippen molar-refractivity contribution in [3.63, 3.8) is 0 Å². The van der Waals surface area contributed by atoms with E-state index in [1.54, 1.807) is 0 Å². The molecule has 2 fully saturated rings. The SMILES string of the molecule is C(CCC1CCCC1)CCC1CO1. The quantitative estimate of drug-likeness (QED) is 0.452. The Hall–Kier alpha value is -0.0400. The highest BCUT2D eigenvalue weighted by molar-refractivity contribution is 4.70. The van der Waals surface area contributed by atoms with Crippen LogP contribution in [0.4, 0.5) is 0 Å². The van der Waals surface area contributed by atoms with Gasteiger partial charge in [0.2, 0.25) is 0 Å². The Morgan fingerprint density at radius 2 is 1.62 bits per heavy atom. The second-order valence-corrected chi connectivity index (χ2v) is 4.74. The molecule has 1 heteroatoms. The van der Waals surface area contributed by atoms with Gasteiger partial charge in [-0.2, -0.15) is 0 Å². The second kappa shape index (κ2) is 4.99. The molecule has 0 amide bonds. The van der Waals surface area contributed by atoms with Gasteiger partial charge in [0, 0.05) is 0 Å². The summed E-state index contributed by atoms with van der Waals surface area (Å²) in [7, 11) is 0. The van der Waals surface area contributed by atoms with Crippen molar-refractivity contribution in [2.24, 2.45) is 5.92 Å². The average Bonchev–Trinajstić information content (AvgIpc) is 2.81. The van der Waals surface area contributed by atoms with Crippen molar-refractivity contribution in [2.75, 3.05) is 6.61 Å². The summed E-state index contributed by atoms with van der Waals surface area (Å²) < 4.78 is 5.19. The molecule has 0 radical (unpaired) electrons. The van der Waals surface area contributed by atoms with Crippen molar-refractivity contribution in [1.29, 1.82) is 0 Å². The third-order valence-corrected chi connectivity index (χ3v) is 3.52. The van der Waals surface area contributed by atoms with Gasteiger partial charge in [-0.15, -0.1) is 0 Å². The largest absolute Gasteiger partial charge is 0.373 e. The first-order valence-electron chi connectivity index (χ1n) is 6.07. The highest BCUT2D eigenvalue weighted by atomic mass is 16.6. The number of ether oxygens (including phenoxy) is 1. The van der Waals surface area contributed by atoms with Crippen LogP contribution in [0, 0.1) is 5.92 Å². The minimum Gasteiger partial charge on any atom is -0.373 e. The summed E-state index contributed by atoms with van der Waals surface area (Å²) in [6.45, 7) is 1.04. The Bertz CT molecular complexity index is 134. The van der Waals surface area contributed by atoms with E-state index >= 15 is 0 Å². The van der Waals surface area contributed by atoms with E-state index in [0.717, 1.165) is 12.5 Å². The number of hydrogen-bond acceptors (Lipinski definition) is 1. The molecule has 1 atom stereocenters. The zero-order valence-electron chi connectivity index (χ0n) is 8.63. The van der Waals surface area contributed by atoms with Crippen LogP contribution < -0.4 is 0 Å². The maximum atomic E-state index is 5.19. The molecule has 2 rings (SSSR count). The summed E-state index contributed by atoms with van der Waals surface area (Å²) in [4.78, 5) is 0. The average molecular weight is 182 g/mol. The van der Waals surface area contributed by atoms with Gasteiger partial charge in [0.15, 0.2) is 0 Å². The van der Waals surface area contributed by atoms with Crippen molar-refractivity contribution < 1.29 is 4.74 Å². The van der Waals surface area contributed by atoms with Crippen LogP contribution in [-0.2, 0) is 4.74 Å². The zero-order valence-corrected chi connectivity index (χ0v) is 8.63. The first kappa shape index (κ1) is 9.51. The molecule has 0 aromatic carbocycles. The van der Waals surface area contributed by atoms with Crippen LogP contribution in [0.25, 0.3) is 0 Å². The van der Waals surface area contributed by atoms with Crippen LogP contribution in [0.3, 0.4) is 0 Å². The van der Waals surface area contributed by atoms with Crippen molar-refractivity contribution in [3.8, 4) is 0 Å². The first-order chi connectivity index (χ1) is 6.45.